The van der Waals surface area contributed by atoms with Crippen molar-refractivity contribution in [2.75, 3.05) is 13.1 Å². The third-order valence-corrected chi connectivity index (χ3v) is 6.75. The van der Waals surface area contributed by atoms with E-state index in [0.717, 1.165) is 0 Å². The van der Waals surface area contributed by atoms with Crippen molar-refractivity contribution in [2.45, 2.75) is 31.9 Å². The Hall–Kier alpha value is -4.78. The molecule has 6 heterocycles. The summed E-state index contributed by atoms with van der Waals surface area (Å²) in [5.41, 5.74) is 1.42. The fourth-order valence-corrected chi connectivity index (χ4v) is 4.87. The van der Waals surface area contributed by atoms with E-state index >= 15 is 0 Å². The highest BCUT2D eigenvalue weighted by molar-refractivity contribution is 6.01. The average molecular weight is 514 g/mol. The van der Waals surface area contributed by atoms with E-state index in [4.69, 9.17) is 4.98 Å². The minimum Gasteiger partial charge on any atom is -0.384 e. The summed E-state index contributed by atoms with van der Waals surface area (Å²) in [6, 6.07) is 5.05. The van der Waals surface area contributed by atoms with E-state index < -0.39 is 17.4 Å². The first kappa shape index (κ1) is 23.6. The molecule has 0 unspecified atom stereocenters. The molecule has 192 valence electrons. The van der Waals surface area contributed by atoms with Crippen LogP contribution in [-0.2, 0) is 4.79 Å². The first-order valence-corrected chi connectivity index (χ1v) is 12.1. The van der Waals surface area contributed by atoms with Crippen LogP contribution >= 0.6 is 0 Å². The topological polar surface area (TPSA) is 165 Å². The maximum Gasteiger partial charge on any atom is 0.329 e. The van der Waals surface area contributed by atoms with Gasteiger partial charge >= 0.3 is 5.69 Å². The second kappa shape index (κ2) is 9.27. The smallest absolute Gasteiger partial charge is 0.329 e. The predicted octanol–water partition coefficient (Wildman–Crippen LogP) is 0.820. The van der Waals surface area contributed by atoms with Gasteiger partial charge in [0, 0.05) is 55.7 Å². The third kappa shape index (κ3) is 4.02. The van der Waals surface area contributed by atoms with Gasteiger partial charge in [-0.3, -0.25) is 24.1 Å². The van der Waals surface area contributed by atoms with Crippen molar-refractivity contribution in [2.24, 2.45) is 0 Å². The number of hydrogen-bond donors (Lipinski definition) is 2. The largest absolute Gasteiger partial charge is 0.384 e. The fraction of sp³-hybridized carbons (Fsp3) is 0.280. The number of pyridine rings is 2. The number of fused-ring (bicyclic) bond motifs is 3. The highest BCUT2D eigenvalue weighted by atomic mass is 16.3. The van der Waals surface area contributed by atoms with Gasteiger partial charge in [-0.25, -0.2) is 24.4 Å². The number of aromatic nitrogens is 8. The molecule has 13 heteroatoms. The van der Waals surface area contributed by atoms with E-state index in [0.29, 0.717) is 59.7 Å². The zero-order valence-electron chi connectivity index (χ0n) is 20.4. The Balaban J connectivity index is 1.45. The SMILES string of the molecule is C[C@H](O)C(=O)N1CCC(n2c(=O)[nH]c(=O)c3cnc4ccc(-c5cnc(-n6cccn6)nc5)nc4c32)CC1. The highest BCUT2D eigenvalue weighted by Crippen LogP contribution is 2.28. The molecule has 1 aliphatic rings. The minimum atomic E-state index is -1.08. The Kier molecular flexibility index (Phi) is 5.76. The van der Waals surface area contributed by atoms with Crippen molar-refractivity contribution in [1.82, 2.24) is 44.2 Å². The number of aliphatic hydroxyl groups excluding tert-OH is 1. The van der Waals surface area contributed by atoms with Crippen LogP contribution in [0.3, 0.4) is 0 Å². The molecule has 1 saturated heterocycles. The fourth-order valence-electron chi connectivity index (χ4n) is 4.87. The van der Waals surface area contributed by atoms with Crippen molar-refractivity contribution < 1.29 is 9.90 Å². The van der Waals surface area contributed by atoms with Gasteiger partial charge in [0.25, 0.3) is 11.5 Å². The Morgan fingerprint density at radius 1 is 1.11 bits per heavy atom. The molecule has 0 aromatic carbocycles. The van der Waals surface area contributed by atoms with Gasteiger partial charge in [0.05, 0.1) is 22.1 Å². The second-order valence-corrected chi connectivity index (χ2v) is 9.17. The summed E-state index contributed by atoms with van der Waals surface area (Å²) >= 11 is 0. The van der Waals surface area contributed by atoms with E-state index in [2.05, 4.69) is 25.0 Å². The molecule has 1 atom stereocenters. The third-order valence-electron chi connectivity index (χ3n) is 6.75. The van der Waals surface area contributed by atoms with E-state index in [1.54, 1.807) is 57.1 Å². The van der Waals surface area contributed by atoms with Crippen molar-refractivity contribution in [3.63, 3.8) is 0 Å². The maximum atomic E-state index is 13.1. The molecule has 13 nitrogen and oxygen atoms in total. The summed E-state index contributed by atoms with van der Waals surface area (Å²) in [7, 11) is 0. The van der Waals surface area contributed by atoms with Gasteiger partial charge in [0.1, 0.15) is 11.6 Å². The number of carbonyl (C=O) groups is 1. The van der Waals surface area contributed by atoms with Crippen LogP contribution in [0.5, 0.6) is 0 Å². The monoisotopic (exact) mass is 513 g/mol. The molecule has 0 radical (unpaired) electrons. The van der Waals surface area contributed by atoms with Crippen LogP contribution < -0.4 is 11.2 Å². The number of nitrogens with one attached hydrogen (secondary N) is 1. The zero-order valence-corrected chi connectivity index (χ0v) is 20.4. The van der Waals surface area contributed by atoms with Gasteiger partial charge in [-0.1, -0.05) is 0 Å². The molecular weight excluding hydrogens is 490 g/mol. The summed E-state index contributed by atoms with van der Waals surface area (Å²) in [4.78, 5) is 60.0. The number of rotatable bonds is 4. The highest BCUT2D eigenvalue weighted by Gasteiger charge is 2.28. The average Bonchev–Trinajstić information content (AvgIpc) is 3.48. The van der Waals surface area contributed by atoms with Crippen LogP contribution in [0.15, 0.2) is 58.8 Å². The van der Waals surface area contributed by atoms with Gasteiger partial charge in [0.2, 0.25) is 5.95 Å². The van der Waals surface area contributed by atoms with E-state index in [-0.39, 0.29) is 17.3 Å². The molecule has 6 rings (SSSR count). The lowest BCUT2D eigenvalue weighted by atomic mass is 10.0. The van der Waals surface area contributed by atoms with Crippen molar-refractivity contribution >= 4 is 27.8 Å². The molecular formula is C25H23N9O4. The first-order valence-electron chi connectivity index (χ1n) is 12.1. The lowest BCUT2D eigenvalue weighted by Gasteiger charge is -2.34. The molecule has 0 saturated carbocycles. The van der Waals surface area contributed by atoms with E-state index in [1.807, 2.05) is 0 Å². The Labute approximate surface area is 214 Å². The molecule has 0 aliphatic carbocycles. The molecule has 5 aromatic heterocycles. The van der Waals surface area contributed by atoms with Crippen LogP contribution in [0.25, 0.3) is 39.1 Å². The van der Waals surface area contributed by atoms with Crippen molar-refractivity contribution in [3.8, 4) is 17.2 Å². The number of carbonyl (C=O) groups excluding carboxylic acids is 1. The van der Waals surface area contributed by atoms with Crippen LogP contribution in [0.2, 0.25) is 0 Å². The van der Waals surface area contributed by atoms with Crippen LogP contribution in [0.1, 0.15) is 25.8 Å². The number of amides is 1. The summed E-state index contributed by atoms with van der Waals surface area (Å²) < 4.78 is 3.10. The zero-order chi connectivity index (χ0) is 26.4. The standard InChI is InChI=1S/C25H23N9O4/c1-14(35)23(37)32-9-5-16(6-10-32)34-21-17(22(36)31-25(34)38)13-26-19-4-3-18(30-20(19)21)15-11-27-24(28-12-15)33-8-2-7-29-33/h2-4,7-8,11-14,16,35H,5-6,9-10H2,1H3,(H,31,36,38)/t14-/m0/s1. The second-order valence-electron chi connectivity index (χ2n) is 9.17. The summed E-state index contributed by atoms with van der Waals surface area (Å²) in [5, 5.41) is 14.0. The van der Waals surface area contributed by atoms with Gasteiger partial charge < -0.3 is 10.0 Å². The van der Waals surface area contributed by atoms with Crippen LogP contribution in [0.4, 0.5) is 0 Å². The number of aromatic amines is 1. The number of piperidine rings is 1. The maximum absolute atomic E-state index is 13.1. The number of likely N-dealkylation sites (tertiary alicyclic amines) is 1. The number of aliphatic hydroxyl groups is 1. The summed E-state index contributed by atoms with van der Waals surface area (Å²) in [6.07, 6.45) is 7.95. The lowest BCUT2D eigenvalue weighted by Crippen LogP contribution is -2.45. The summed E-state index contributed by atoms with van der Waals surface area (Å²) in [6.45, 7) is 2.19. The molecule has 1 fully saturated rings. The van der Waals surface area contributed by atoms with Gasteiger partial charge in [-0.15, -0.1) is 0 Å². The number of hydrogen-bond acceptors (Lipinski definition) is 9. The molecule has 2 N–H and O–H groups in total. The predicted molar refractivity (Wildman–Crippen MR) is 137 cm³/mol. The normalized spacial score (nSPS) is 15.3. The first-order chi connectivity index (χ1) is 18.4. The molecule has 0 bridgehead atoms. The van der Waals surface area contributed by atoms with E-state index in [9.17, 15) is 19.5 Å². The van der Waals surface area contributed by atoms with Crippen molar-refractivity contribution in [1.29, 1.82) is 0 Å². The van der Waals surface area contributed by atoms with Gasteiger partial charge in [-0.2, -0.15) is 5.10 Å². The number of nitrogens with zero attached hydrogens (tertiary/aromatic N) is 8. The van der Waals surface area contributed by atoms with Crippen LogP contribution in [-0.4, -0.2) is 74.4 Å². The quantitative estimate of drug-likeness (QED) is 0.331. The Morgan fingerprint density at radius 2 is 1.87 bits per heavy atom. The molecule has 38 heavy (non-hydrogen) atoms. The molecule has 0 spiro atoms. The van der Waals surface area contributed by atoms with E-state index in [1.165, 1.54) is 13.1 Å². The molecule has 5 aromatic rings. The van der Waals surface area contributed by atoms with Crippen molar-refractivity contribution in [3.05, 3.63) is 70.0 Å². The summed E-state index contributed by atoms with van der Waals surface area (Å²) in [5.74, 6) is 0.0660. The number of H-pyrrole nitrogens is 1. The van der Waals surface area contributed by atoms with Gasteiger partial charge in [0.15, 0.2) is 0 Å². The Bertz CT molecular complexity index is 1770. The van der Waals surface area contributed by atoms with Gasteiger partial charge in [-0.05, 0) is 38.0 Å². The van der Waals surface area contributed by atoms with Crippen LogP contribution in [0, 0.1) is 0 Å². The Morgan fingerprint density at radius 3 is 2.55 bits per heavy atom. The minimum absolute atomic E-state index is 0.245. The molecule has 1 aliphatic heterocycles. The molecule has 1 amide bonds. The lowest BCUT2D eigenvalue weighted by molar-refractivity contribution is -0.140.